The second-order valence-electron chi connectivity index (χ2n) is 3.98. The Labute approximate surface area is 103 Å². The van der Waals surface area contributed by atoms with Gasteiger partial charge in [-0.05, 0) is 6.07 Å². The van der Waals surface area contributed by atoms with Gasteiger partial charge in [0.1, 0.15) is 11.9 Å². The first kappa shape index (κ1) is 11.1. The summed E-state index contributed by atoms with van der Waals surface area (Å²) in [6.45, 7) is 1.85. The molecule has 94 valence electrons. The molecule has 1 unspecified atom stereocenters. The van der Waals surface area contributed by atoms with Crippen molar-refractivity contribution in [2.24, 2.45) is 0 Å². The van der Waals surface area contributed by atoms with Crippen LogP contribution in [0, 0.1) is 0 Å². The predicted octanol–water partition coefficient (Wildman–Crippen LogP) is -0.344. The van der Waals surface area contributed by atoms with Gasteiger partial charge in [-0.1, -0.05) is 0 Å². The van der Waals surface area contributed by atoms with Crippen molar-refractivity contribution in [1.82, 2.24) is 19.9 Å². The van der Waals surface area contributed by atoms with E-state index >= 15 is 0 Å². The molecular formula is C11H13N5O2. The molecule has 1 aliphatic rings. The van der Waals surface area contributed by atoms with Gasteiger partial charge in [-0.15, -0.1) is 0 Å². The van der Waals surface area contributed by atoms with Gasteiger partial charge in [-0.25, -0.2) is 4.98 Å². The number of morpholine rings is 1. The maximum atomic E-state index is 12.0. The molecule has 18 heavy (non-hydrogen) atoms. The molecule has 1 aliphatic heterocycles. The van der Waals surface area contributed by atoms with E-state index in [9.17, 15) is 4.79 Å². The number of carbonyl (C=O) groups is 1. The number of anilines is 1. The smallest absolute Gasteiger partial charge is 0.255 e. The lowest BCUT2D eigenvalue weighted by Crippen LogP contribution is -2.45. The molecule has 0 bridgehead atoms. The third-order valence-electron chi connectivity index (χ3n) is 2.76. The standard InChI is InChI=1S/C11H13N5O2/c17-11(8-7-12-5-6-18-8)15-10-1-3-13-9-2-4-14-16(9)10/h1-4,8,12H,5-7H2,(H,15,17). The number of ether oxygens (including phenoxy) is 1. The highest BCUT2D eigenvalue weighted by Crippen LogP contribution is 2.09. The van der Waals surface area contributed by atoms with Crippen LogP contribution in [-0.4, -0.2) is 46.3 Å². The van der Waals surface area contributed by atoms with Crippen LogP contribution in [0.2, 0.25) is 0 Å². The highest BCUT2D eigenvalue weighted by Gasteiger charge is 2.22. The first-order chi connectivity index (χ1) is 8.84. The molecule has 2 N–H and O–H groups in total. The van der Waals surface area contributed by atoms with Gasteiger partial charge >= 0.3 is 0 Å². The molecule has 0 aliphatic carbocycles. The molecule has 0 radical (unpaired) electrons. The van der Waals surface area contributed by atoms with Crippen LogP contribution < -0.4 is 10.6 Å². The largest absolute Gasteiger partial charge is 0.366 e. The molecule has 2 aromatic heterocycles. The van der Waals surface area contributed by atoms with Gasteiger partial charge in [0.15, 0.2) is 5.65 Å². The minimum atomic E-state index is -0.461. The maximum Gasteiger partial charge on any atom is 0.255 e. The molecule has 3 heterocycles. The summed E-state index contributed by atoms with van der Waals surface area (Å²) < 4.78 is 6.96. The van der Waals surface area contributed by atoms with Gasteiger partial charge in [-0.2, -0.15) is 9.61 Å². The van der Waals surface area contributed by atoms with E-state index in [4.69, 9.17) is 4.74 Å². The van der Waals surface area contributed by atoms with E-state index in [1.165, 1.54) is 0 Å². The van der Waals surface area contributed by atoms with Crippen molar-refractivity contribution in [2.45, 2.75) is 6.10 Å². The van der Waals surface area contributed by atoms with Crippen LogP contribution in [0.1, 0.15) is 0 Å². The third kappa shape index (κ3) is 2.05. The molecule has 0 aromatic carbocycles. The van der Waals surface area contributed by atoms with Crippen LogP contribution in [0.3, 0.4) is 0 Å². The van der Waals surface area contributed by atoms with Gasteiger partial charge in [0.2, 0.25) is 0 Å². The Balaban J connectivity index is 1.79. The van der Waals surface area contributed by atoms with E-state index in [0.717, 1.165) is 6.54 Å². The minimum Gasteiger partial charge on any atom is -0.366 e. The van der Waals surface area contributed by atoms with Gasteiger partial charge in [0, 0.05) is 25.4 Å². The first-order valence-corrected chi connectivity index (χ1v) is 5.76. The van der Waals surface area contributed by atoms with Crippen LogP contribution in [0.5, 0.6) is 0 Å². The van der Waals surface area contributed by atoms with E-state index in [1.54, 1.807) is 29.0 Å². The maximum absolute atomic E-state index is 12.0. The Bertz CT molecular complexity index is 561. The van der Waals surface area contributed by atoms with Crippen molar-refractivity contribution in [2.75, 3.05) is 25.0 Å². The number of carbonyl (C=O) groups excluding carboxylic acids is 1. The van der Waals surface area contributed by atoms with Gasteiger partial charge in [0.05, 0.1) is 12.8 Å². The summed E-state index contributed by atoms with van der Waals surface area (Å²) in [6.07, 6.45) is 2.81. The predicted molar refractivity (Wildman–Crippen MR) is 64.2 cm³/mol. The second-order valence-corrected chi connectivity index (χ2v) is 3.98. The van der Waals surface area contributed by atoms with Crippen molar-refractivity contribution in [3.05, 3.63) is 24.5 Å². The lowest BCUT2D eigenvalue weighted by molar-refractivity contribution is -0.128. The zero-order valence-electron chi connectivity index (χ0n) is 9.67. The number of nitrogens with one attached hydrogen (secondary N) is 2. The van der Waals surface area contributed by atoms with Crippen molar-refractivity contribution in [3.63, 3.8) is 0 Å². The molecule has 1 saturated heterocycles. The lowest BCUT2D eigenvalue weighted by atomic mass is 10.3. The van der Waals surface area contributed by atoms with Crippen LogP contribution in [0.4, 0.5) is 5.82 Å². The van der Waals surface area contributed by atoms with E-state index in [0.29, 0.717) is 24.6 Å². The van der Waals surface area contributed by atoms with Crippen LogP contribution >= 0.6 is 0 Å². The Morgan fingerprint density at radius 3 is 3.28 bits per heavy atom. The summed E-state index contributed by atoms with van der Waals surface area (Å²) in [5.41, 5.74) is 0.690. The van der Waals surface area contributed by atoms with E-state index < -0.39 is 6.10 Å². The van der Waals surface area contributed by atoms with Gasteiger partial charge in [0.25, 0.3) is 5.91 Å². The zero-order valence-corrected chi connectivity index (χ0v) is 9.67. The third-order valence-corrected chi connectivity index (χ3v) is 2.76. The Morgan fingerprint density at radius 1 is 1.50 bits per heavy atom. The lowest BCUT2D eigenvalue weighted by Gasteiger charge is -2.22. The normalized spacial score (nSPS) is 19.9. The topological polar surface area (TPSA) is 80.6 Å². The summed E-state index contributed by atoms with van der Waals surface area (Å²) in [4.78, 5) is 16.1. The second kappa shape index (κ2) is 4.71. The number of nitrogens with zero attached hydrogens (tertiary/aromatic N) is 3. The molecule has 3 rings (SSSR count). The average Bonchev–Trinajstić information content (AvgIpc) is 2.89. The Hall–Kier alpha value is -1.99. The highest BCUT2D eigenvalue weighted by molar-refractivity contribution is 5.93. The Kier molecular flexibility index (Phi) is 2.91. The zero-order chi connectivity index (χ0) is 12.4. The summed E-state index contributed by atoms with van der Waals surface area (Å²) in [5, 5.41) is 10.0. The van der Waals surface area contributed by atoms with Crippen molar-refractivity contribution in [1.29, 1.82) is 0 Å². The summed E-state index contributed by atoms with van der Waals surface area (Å²) in [6, 6.07) is 3.47. The Morgan fingerprint density at radius 2 is 2.44 bits per heavy atom. The number of aromatic nitrogens is 3. The number of amides is 1. The molecule has 1 amide bonds. The van der Waals surface area contributed by atoms with Gasteiger partial charge < -0.3 is 15.4 Å². The van der Waals surface area contributed by atoms with E-state index in [2.05, 4.69) is 20.7 Å². The summed E-state index contributed by atoms with van der Waals surface area (Å²) in [5.74, 6) is 0.411. The number of hydrogen-bond donors (Lipinski definition) is 2. The number of fused-ring (bicyclic) bond motifs is 1. The summed E-state index contributed by atoms with van der Waals surface area (Å²) >= 11 is 0. The van der Waals surface area contributed by atoms with Crippen LogP contribution in [0.15, 0.2) is 24.5 Å². The average molecular weight is 247 g/mol. The molecule has 2 aromatic rings. The fourth-order valence-corrected chi connectivity index (χ4v) is 1.87. The number of hydrogen-bond acceptors (Lipinski definition) is 5. The van der Waals surface area contributed by atoms with Crippen LogP contribution in [-0.2, 0) is 9.53 Å². The molecule has 1 fully saturated rings. The monoisotopic (exact) mass is 247 g/mol. The SMILES string of the molecule is O=C(Nc1ccnc2ccnn12)C1CNCCO1. The van der Waals surface area contributed by atoms with E-state index in [-0.39, 0.29) is 5.91 Å². The minimum absolute atomic E-state index is 0.176. The molecule has 1 atom stereocenters. The van der Waals surface area contributed by atoms with Gasteiger partial charge in [-0.3, -0.25) is 4.79 Å². The molecule has 0 saturated carbocycles. The molecule has 7 nitrogen and oxygen atoms in total. The van der Waals surface area contributed by atoms with Crippen molar-refractivity contribution >= 4 is 17.4 Å². The van der Waals surface area contributed by atoms with Crippen LogP contribution in [0.25, 0.3) is 5.65 Å². The molecule has 0 spiro atoms. The molecular weight excluding hydrogens is 234 g/mol. The first-order valence-electron chi connectivity index (χ1n) is 5.76. The molecule has 7 heteroatoms. The van der Waals surface area contributed by atoms with E-state index in [1.807, 2.05) is 0 Å². The fourth-order valence-electron chi connectivity index (χ4n) is 1.87. The van der Waals surface area contributed by atoms with Crippen molar-refractivity contribution in [3.8, 4) is 0 Å². The fraction of sp³-hybridized carbons (Fsp3) is 0.364. The van der Waals surface area contributed by atoms with Crippen molar-refractivity contribution < 1.29 is 9.53 Å². The highest BCUT2D eigenvalue weighted by atomic mass is 16.5. The summed E-state index contributed by atoms with van der Waals surface area (Å²) in [7, 11) is 0. The quantitative estimate of drug-likeness (QED) is 0.758. The number of rotatable bonds is 2.